The highest BCUT2D eigenvalue weighted by atomic mass is 32.2. The van der Waals surface area contributed by atoms with E-state index in [0.717, 1.165) is 11.1 Å². The van der Waals surface area contributed by atoms with Crippen LogP contribution >= 0.6 is 7.60 Å². The summed E-state index contributed by atoms with van der Waals surface area (Å²) < 4.78 is 81.5. The van der Waals surface area contributed by atoms with Crippen LogP contribution in [-0.4, -0.2) is 113 Å². The van der Waals surface area contributed by atoms with Gasteiger partial charge in [0.05, 0.1) is 56.1 Å². The summed E-state index contributed by atoms with van der Waals surface area (Å²) >= 11 is 0. The van der Waals surface area contributed by atoms with Crippen LogP contribution < -0.4 is 19.9 Å². The molecule has 2 saturated heterocycles. The predicted octanol–water partition coefficient (Wildman–Crippen LogP) is 5.13. The van der Waals surface area contributed by atoms with Gasteiger partial charge in [-0.25, -0.2) is 22.6 Å². The van der Waals surface area contributed by atoms with E-state index < -0.39 is 60.3 Å². The standard InChI is InChI=1S/C42H58N3O13PS/c1-6-53-40(47)30(4)57-59(49,58-34-10-8-7-9-11-34)23-21-43-25-32-14-12-31(13-15-32)24-37(44-42(48)56-39-28-55-41-36(39)20-22-54-41)38(46)27-45(26-29(2)3)60(50,51)35-18-16-33(52-5)17-19-35/h7-19,29-30,36-39,41,43,46H,6,20-28H2,1-5H3,(H,44,48)/t30?,36-,37-,38+,39-,41+,59?/m0/s1. The Bertz CT molecular complexity index is 1970. The molecule has 0 radical (unpaired) electrons. The molecule has 0 saturated carbocycles. The Kier molecular flexibility index (Phi) is 17.4. The third kappa shape index (κ3) is 13.5. The number of methoxy groups -OCH3 is 1. The Morgan fingerprint density at radius 1 is 0.950 bits per heavy atom. The quantitative estimate of drug-likeness (QED) is 0.0644. The van der Waals surface area contributed by atoms with Gasteiger partial charge in [-0.2, -0.15) is 4.31 Å². The third-order valence-corrected chi connectivity index (χ3v) is 13.7. The maximum absolute atomic E-state index is 13.9. The van der Waals surface area contributed by atoms with Crippen LogP contribution in [0, 0.1) is 11.8 Å². The number of carbonyl (C=O) groups is 2. The molecule has 3 aromatic rings. The zero-order chi connectivity index (χ0) is 43.3. The predicted molar refractivity (Wildman–Crippen MR) is 222 cm³/mol. The lowest BCUT2D eigenvalue weighted by Gasteiger charge is -2.31. The maximum atomic E-state index is 13.9. The minimum Gasteiger partial charge on any atom is -0.497 e. The van der Waals surface area contributed by atoms with Gasteiger partial charge in [0, 0.05) is 26.2 Å². The Balaban J connectivity index is 1.25. The number of nitrogens with one attached hydrogen (secondary N) is 2. The van der Waals surface area contributed by atoms with Gasteiger partial charge in [0.25, 0.3) is 0 Å². The highest BCUT2D eigenvalue weighted by molar-refractivity contribution is 7.89. The highest BCUT2D eigenvalue weighted by Crippen LogP contribution is 2.49. The smallest absolute Gasteiger partial charge is 0.407 e. The molecule has 7 atom stereocenters. The summed E-state index contributed by atoms with van der Waals surface area (Å²) in [7, 11) is -6.36. The van der Waals surface area contributed by atoms with E-state index in [0.29, 0.717) is 31.1 Å². The molecule has 0 spiro atoms. The molecule has 2 aliphatic rings. The van der Waals surface area contributed by atoms with Crippen molar-refractivity contribution in [2.24, 2.45) is 11.8 Å². The summed E-state index contributed by atoms with van der Waals surface area (Å²) in [5.41, 5.74) is 1.64. The molecule has 2 aliphatic heterocycles. The Morgan fingerprint density at radius 3 is 2.32 bits per heavy atom. The second-order valence-electron chi connectivity index (χ2n) is 15.1. The van der Waals surface area contributed by atoms with Gasteiger partial charge < -0.3 is 43.9 Å². The third-order valence-electron chi connectivity index (χ3n) is 9.96. The summed E-state index contributed by atoms with van der Waals surface area (Å²) in [6.07, 6.45) is -3.35. The van der Waals surface area contributed by atoms with Crippen molar-refractivity contribution < 1.29 is 60.4 Å². The SMILES string of the molecule is CCOC(=O)C(C)OP(=O)(CCNCc1ccc(C[C@H](NC(=O)O[C@H]2CO[C@H]3OCC[C@H]32)[C@H](O)CN(CC(C)C)S(=O)(=O)c2ccc(OC)cc2)cc1)Oc1ccccc1. The van der Waals surface area contributed by atoms with Crippen LogP contribution in [0.2, 0.25) is 0 Å². The van der Waals surface area contributed by atoms with Gasteiger partial charge in [-0.05, 0) is 80.1 Å². The molecule has 3 aromatic carbocycles. The molecule has 2 heterocycles. The number of para-hydroxylation sites is 1. The molecule has 5 rings (SSSR count). The lowest BCUT2D eigenvalue weighted by molar-refractivity contribution is -0.150. The van der Waals surface area contributed by atoms with E-state index in [1.807, 2.05) is 38.1 Å². The van der Waals surface area contributed by atoms with E-state index >= 15 is 0 Å². The molecule has 0 aromatic heterocycles. The largest absolute Gasteiger partial charge is 0.497 e. The number of hydrogen-bond acceptors (Lipinski definition) is 14. The van der Waals surface area contributed by atoms with Crippen molar-refractivity contribution >= 4 is 29.7 Å². The second-order valence-corrected chi connectivity index (χ2v) is 19.1. The fourth-order valence-corrected chi connectivity index (χ4v) is 10.2. The van der Waals surface area contributed by atoms with Gasteiger partial charge in [0.15, 0.2) is 12.4 Å². The van der Waals surface area contributed by atoms with Crippen molar-refractivity contribution in [1.82, 2.24) is 14.9 Å². The molecule has 0 bridgehead atoms. The molecule has 2 fully saturated rings. The molecule has 16 nitrogen and oxygen atoms in total. The van der Waals surface area contributed by atoms with Crippen molar-refractivity contribution in [3.8, 4) is 11.5 Å². The monoisotopic (exact) mass is 875 g/mol. The number of rotatable bonds is 23. The minimum absolute atomic E-state index is 0.0333. The zero-order valence-corrected chi connectivity index (χ0v) is 36.5. The first kappa shape index (κ1) is 47.0. The number of esters is 1. The van der Waals surface area contributed by atoms with Crippen molar-refractivity contribution in [2.45, 2.75) is 82.6 Å². The normalized spacial score (nSPS) is 20.2. The number of ether oxygens (including phenoxy) is 5. The van der Waals surface area contributed by atoms with Crippen LogP contribution in [-0.2, 0) is 55.8 Å². The van der Waals surface area contributed by atoms with Crippen LogP contribution in [0.15, 0.2) is 83.8 Å². The van der Waals surface area contributed by atoms with Gasteiger partial charge in [-0.1, -0.05) is 56.3 Å². The van der Waals surface area contributed by atoms with Crippen molar-refractivity contribution in [3.63, 3.8) is 0 Å². The maximum Gasteiger partial charge on any atom is 0.407 e. The van der Waals surface area contributed by atoms with Gasteiger partial charge in [-0.15, -0.1) is 0 Å². The first-order valence-electron chi connectivity index (χ1n) is 20.2. The van der Waals surface area contributed by atoms with E-state index in [-0.39, 0.29) is 62.2 Å². The molecule has 3 N–H and O–H groups in total. The number of benzene rings is 3. The lowest BCUT2D eigenvalue weighted by Crippen LogP contribution is -2.51. The summed E-state index contributed by atoms with van der Waals surface area (Å²) in [5, 5.41) is 17.8. The van der Waals surface area contributed by atoms with E-state index in [1.165, 1.54) is 30.5 Å². The summed E-state index contributed by atoms with van der Waals surface area (Å²) in [4.78, 5) is 25.7. The number of alkyl carbamates (subject to hydrolysis) is 1. The molecule has 1 amide bonds. The second kappa shape index (κ2) is 22.2. The van der Waals surface area contributed by atoms with E-state index in [9.17, 15) is 27.7 Å². The van der Waals surface area contributed by atoms with Crippen LogP contribution in [0.4, 0.5) is 4.79 Å². The fourth-order valence-electron chi connectivity index (χ4n) is 6.87. The van der Waals surface area contributed by atoms with Crippen molar-refractivity contribution in [1.29, 1.82) is 0 Å². The van der Waals surface area contributed by atoms with Gasteiger partial charge in [-0.3, -0.25) is 4.52 Å². The van der Waals surface area contributed by atoms with Crippen molar-refractivity contribution in [2.75, 3.05) is 52.7 Å². The number of fused-ring (bicyclic) bond motifs is 1. The lowest BCUT2D eigenvalue weighted by atomic mass is 10.00. The van der Waals surface area contributed by atoms with Gasteiger partial charge in [0.2, 0.25) is 10.0 Å². The average Bonchev–Trinajstić information content (AvgIpc) is 3.85. The molecule has 60 heavy (non-hydrogen) atoms. The molecule has 330 valence electrons. The fraction of sp³-hybridized carbons (Fsp3) is 0.524. The van der Waals surface area contributed by atoms with Crippen molar-refractivity contribution in [3.05, 3.63) is 90.0 Å². The number of amides is 1. The van der Waals surface area contributed by atoms with Crippen LogP contribution in [0.25, 0.3) is 0 Å². The Labute approximate surface area is 352 Å². The number of hydrogen-bond donors (Lipinski definition) is 3. The van der Waals surface area contributed by atoms with Crippen LogP contribution in [0.1, 0.15) is 45.2 Å². The van der Waals surface area contributed by atoms with E-state index in [1.54, 1.807) is 49.4 Å². The Hall–Kier alpha value is -4.06. The summed E-state index contributed by atoms with van der Waals surface area (Å²) in [6.45, 7) is 8.19. The average molecular weight is 876 g/mol. The molecular weight excluding hydrogens is 818 g/mol. The summed E-state index contributed by atoms with van der Waals surface area (Å²) in [5.74, 6) is 0.0332. The summed E-state index contributed by atoms with van der Waals surface area (Å²) in [6, 6.07) is 21.1. The van der Waals surface area contributed by atoms with E-state index in [2.05, 4.69) is 10.6 Å². The molecule has 0 aliphatic carbocycles. The first-order chi connectivity index (χ1) is 28.7. The molecular formula is C42H58N3O13PS. The van der Waals surface area contributed by atoms with Gasteiger partial charge >= 0.3 is 19.7 Å². The first-order valence-corrected chi connectivity index (χ1v) is 23.4. The van der Waals surface area contributed by atoms with Crippen LogP contribution in [0.5, 0.6) is 11.5 Å². The topological polar surface area (TPSA) is 197 Å². The molecule has 2 unspecified atom stereocenters. The molecule has 18 heteroatoms. The zero-order valence-electron chi connectivity index (χ0n) is 34.8. The minimum atomic E-state index is -4.05. The number of carbonyl (C=O) groups excluding carboxylic acids is 2. The van der Waals surface area contributed by atoms with Gasteiger partial charge in [0.1, 0.15) is 17.6 Å². The number of aliphatic hydroxyl groups excluding tert-OH is 1. The Morgan fingerprint density at radius 2 is 1.65 bits per heavy atom. The van der Waals surface area contributed by atoms with E-state index in [4.69, 9.17) is 32.7 Å². The number of nitrogens with zero attached hydrogens (tertiary/aromatic N) is 1. The highest BCUT2D eigenvalue weighted by Gasteiger charge is 2.44. The number of aliphatic hydroxyl groups is 1. The number of sulfonamides is 1. The van der Waals surface area contributed by atoms with Crippen LogP contribution in [0.3, 0.4) is 0 Å².